The van der Waals surface area contributed by atoms with Gasteiger partial charge in [0.15, 0.2) is 0 Å². The molecule has 0 aliphatic heterocycles. The predicted octanol–water partition coefficient (Wildman–Crippen LogP) is 4.26. The standard InChI is InChI=1S/C21H19N3O2S/c1-13-7-8-15(19(25)22-16-9-10-16)11-17(13)23-20(26)18-12-27-21(24-18)14-5-3-2-4-6-14/h2-8,11-12,16H,9-10H2,1H3,(H,22,25)(H,23,26). The minimum atomic E-state index is -0.281. The van der Waals surface area contributed by atoms with Crippen LogP contribution in [0.15, 0.2) is 53.9 Å². The number of rotatable bonds is 5. The summed E-state index contributed by atoms with van der Waals surface area (Å²) in [6.45, 7) is 1.90. The van der Waals surface area contributed by atoms with E-state index in [1.165, 1.54) is 11.3 Å². The van der Waals surface area contributed by atoms with Crippen molar-refractivity contribution in [2.75, 3.05) is 5.32 Å². The molecule has 0 spiro atoms. The quantitative estimate of drug-likeness (QED) is 0.698. The fraction of sp³-hybridized carbons (Fsp3) is 0.190. The summed E-state index contributed by atoms with van der Waals surface area (Å²) >= 11 is 1.43. The van der Waals surface area contributed by atoms with Crippen molar-refractivity contribution < 1.29 is 9.59 Å². The molecule has 1 aromatic heterocycles. The molecule has 1 aliphatic carbocycles. The highest BCUT2D eigenvalue weighted by Crippen LogP contribution is 2.25. The third kappa shape index (κ3) is 4.06. The van der Waals surface area contributed by atoms with Crippen molar-refractivity contribution in [3.8, 4) is 10.6 Å². The van der Waals surface area contributed by atoms with Gasteiger partial charge in [0.2, 0.25) is 0 Å². The first-order chi connectivity index (χ1) is 13.1. The number of carbonyl (C=O) groups excluding carboxylic acids is 2. The smallest absolute Gasteiger partial charge is 0.275 e. The van der Waals surface area contributed by atoms with Gasteiger partial charge in [0.05, 0.1) is 0 Å². The monoisotopic (exact) mass is 377 g/mol. The Balaban J connectivity index is 1.51. The van der Waals surface area contributed by atoms with Gasteiger partial charge in [-0.15, -0.1) is 11.3 Å². The lowest BCUT2D eigenvalue weighted by Crippen LogP contribution is -2.25. The van der Waals surface area contributed by atoms with Gasteiger partial charge in [0, 0.05) is 28.2 Å². The lowest BCUT2D eigenvalue weighted by atomic mass is 10.1. The van der Waals surface area contributed by atoms with E-state index >= 15 is 0 Å². The first kappa shape index (κ1) is 17.4. The van der Waals surface area contributed by atoms with E-state index in [2.05, 4.69) is 15.6 Å². The summed E-state index contributed by atoms with van der Waals surface area (Å²) in [5, 5.41) is 8.39. The Labute approximate surface area is 161 Å². The number of nitrogens with zero attached hydrogens (tertiary/aromatic N) is 1. The van der Waals surface area contributed by atoms with Gasteiger partial charge in [0.1, 0.15) is 10.7 Å². The first-order valence-electron chi connectivity index (χ1n) is 8.84. The molecule has 1 saturated carbocycles. The molecule has 2 amide bonds. The maximum Gasteiger partial charge on any atom is 0.275 e. The molecule has 2 N–H and O–H groups in total. The summed E-state index contributed by atoms with van der Waals surface area (Å²) in [5.41, 5.74) is 3.41. The lowest BCUT2D eigenvalue weighted by Gasteiger charge is -2.10. The Hall–Kier alpha value is -2.99. The molecule has 0 saturated heterocycles. The third-order valence-corrected chi connectivity index (χ3v) is 5.31. The highest BCUT2D eigenvalue weighted by Gasteiger charge is 2.24. The Morgan fingerprint density at radius 1 is 1.07 bits per heavy atom. The molecule has 6 heteroatoms. The van der Waals surface area contributed by atoms with Gasteiger partial charge >= 0.3 is 0 Å². The Morgan fingerprint density at radius 3 is 2.59 bits per heavy atom. The van der Waals surface area contributed by atoms with Crippen LogP contribution in [-0.4, -0.2) is 22.8 Å². The fourth-order valence-corrected chi connectivity index (χ4v) is 3.48. The van der Waals surface area contributed by atoms with E-state index in [0.29, 0.717) is 23.0 Å². The third-order valence-electron chi connectivity index (χ3n) is 4.42. The molecular formula is C21H19N3O2S. The van der Waals surface area contributed by atoms with Crippen molar-refractivity contribution in [3.05, 3.63) is 70.7 Å². The number of hydrogen-bond acceptors (Lipinski definition) is 4. The molecule has 136 valence electrons. The minimum absolute atomic E-state index is 0.104. The van der Waals surface area contributed by atoms with E-state index in [-0.39, 0.29) is 11.8 Å². The Morgan fingerprint density at radius 2 is 1.85 bits per heavy atom. The molecule has 1 fully saturated rings. The van der Waals surface area contributed by atoms with Gasteiger partial charge in [-0.25, -0.2) is 4.98 Å². The SMILES string of the molecule is Cc1ccc(C(=O)NC2CC2)cc1NC(=O)c1csc(-c2ccccc2)n1. The van der Waals surface area contributed by atoms with Gasteiger partial charge in [-0.2, -0.15) is 0 Å². The molecule has 1 heterocycles. The van der Waals surface area contributed by atoms with Crippen molar-refractivity contribution in [1.82, 2.24) is 10.3 Å². The van der Waals surface area contributed by atoms with Crippen LogP contribution < -0.4 is 10.6 Å². The van der Waals surface area contributed by atoms with Crippen LogP contribution in [0.25, 0.3) is 10.6 Å². The van der Waals surface area contributed by atoms with Gasteiger partial charge in [0.25, 0.3) is 11.8 Å². The van der Waals surface area contributed by atoms with E-state index in [1.807, 2.05) is 43.3 Å². The highest BCUT2D eigenvalue weighted by molar-refractivity contribution is 7.13. The van der Waals surface area contributed by atoms with Crippen molar-refractivity contribution in [3.63, 3.8) is 0 Å². The number of nitrogens with one attached hydrogen (secondary N) is 2. The van der Waals surface area contributed by atoms with Crippen LogP contribution in [0.5, 0.6) is 0 Å². The Bertz CT molecular complexity index is 994. The molecule has 0 radical (unpaired) electrons. The van der Waals surface area contributed by atoms with E-state index in [1.54, 1.807) is 17.5 Å². The fourth-order valence-electron chi connectivity index (χ4n) is 2.67. The normalized spacial score (nSPS) is 13.2. The zero-order valence-electron chi connectivity index (χ0n) is 14.9. The molecule has 0 bridgehead atoms. The molecule has 0 atom stereocenters. The van der Waals surface area contributed by atoms with Crippen molar-refractivity contribution in [2.24, 2.45) is 0 Å². The number of aromatic nitrogens is 1. The van der Waals surface area contributed by atoms with Gasteiger partial charge in [-0.1, -0.05) is 36.4 Å². The average Bonchev–Trinajstić information content (AvgIpc) is 3.35. The van der Waals surface area contributed by atoms with E-state index in [9.17, 15) is 9.59 Å². The zero-order valence-corrected chi connectivity index (χ0v) is 15.7. The zero-order chi connectivity index (χ0) is 18.8. The van der Waals surface area contributed by atoms with Gasteiger partial charge in [-0.05, 0) is 37.5 Å². The molecule has 1 aliphatic rings. The van der Waals surface area contributed by atoms with Crippen LogP contribution in [0, 0.1) is 6.92 Å². The van der Waals surface area contributed by atoms with Crippen LogP contribution in [0.1, 0.15) is 39.3 Å². The summed E-state index contributed by atoms with van der Waals surface area (Å²) in [5.74, 6) is -0.385. The molecule has 2 aromatic carbocycles. The molecular weight excluding hydrogens is 358 g/mol. The van der Waals surface area contributed by atoms with E-state index in [4.69, 9.17) is 0 Å². The van der Waals surface area contributed by atoms with Crippen LogP contribution in [0.2, 0.25) is 0 Å². The second kappa shape index (κ2) is 7.32. The van der Waals surface area contributed by atoms with Crippen LogP contribution in [0.3, 0.4) is 0 Å². The lowest BCUT2D eigenvalue weighted by molar-refractivity contribution is 0.0949. The number of amides is 2. The highest BCUT2D eigenvalue weighted by atomic mass is 32.1. The number of aryl methyl sites for hydroxylation is 1. The van der Waals surface area contributed by atoms with Gasteiger partial charge in [-0.3, -0.25) is 9.59 Å². The topological polar surface area (TPSA) is 71.1 Å². The number of carbonyl (C=O) groups is 2. The van der Waals surface area contributed by atoms with Crippen LogP contribution in [0.4, 0.5) is 5.69 Å². The number of anilines is 1. The molecule has 27 heavy (non-hydrogen) atoms. The second-order valence-electron chi connectivity index (χ2n) is 6.64. The van der Waals surface area contributed by atoms with Crippen LogP contribution >= 0.6 is 11.3 Å². The number of thiazole rings is 1. The van der Waals surface area contributed by atoms with Crippen molar-refractivity contribution in [2.45, 2.75) is 25.8 Å². The summed E-state index contributed by atoms with van der Waals surface area (Å²) < 4.78 is 0. The molecule has 3 aromatic rings. The van der Waals surface area contributed by atoms with Gasteiger partial charge < -0.3 is 10.6 Å². The van der Waals surface area contributed by atoms with Crippen molar-refractivity contribution in [1.29, 1.82) is 0 Å². The first-order valence-corrected chi connectivity index (χ1v) is 9.72. The molecule has 0 unspecified atom stereocenters. The minimum Gasteiger partial charge on any atom is -0.349 e. The maximum absolute atomic E-state index is 12.6. The predicted molar refractivity (Wildman–Crippen MR) is 107 cm³/mol. The van der Waals surface area contributed by atoms with E-state index in [0.717, 1.165) is 29.0 Å². The van der Waals surface area contributed by atoms with Crippen LogP contribution in [-0.2, 0) is 0 Å². The largest absolute Gasteiger partial charge is 0.349 e. The average molecular weight is 377 g/mol. The second-order valence-corrected chi connectivity index (χ2v) is 7.49. The summed E-state index contributed by atoms with van der Waals surface area (Å²) in [7, 11) is 0. The molecule has 5 nitrogen and oxygen atoms in total. The summed E-state index contributed by atoms with van der Waals surface area (Å²) in [6.07, 6.45) is 2.07. The molecule has 4 rings (SSSR count). The summed E-state index contributed by atoms with van der Waals surface area (Å²) in [4.78, 5) is 29.3. The number of hydrogen-bond donors (Lipinski definition) is 2. The van der Waals surface area contributed by atoms with E-state index < -0.39 is 0 Å². The maximum atomic E-state index is 12.6. The Kier molecular flexibility index (Phi) is 4.73. The summed E-state index contributed by atoms with van der Waals surface area (Å²) in [6, 6.07) is 15.4. The van der Waals surface area contributed by atoms with Crippen molar-refractivity contribution >= 4 is 28.8 Å². The number of benzene rings is 2.